The zero-order valence-corrected chi connectivity index (χ0v) is 26.4. The first-order valence-electron chi connectivity index (χ1n) is 13.5. The van der Waals surface area contributed by atoms with E-state index in [1.54, 1.807) is 61.0 Å². The molecule has 0 saturated heterocycles. The van der Waals surface area contributed by atoms with Crippen LogP contribution in [0.5, 0.6) is 5.75 Å². The first-order chi connectivity index (χ1) is 20.8. The van der Waals surface area contributed by atoms with Crippen LogP contribution >= 0.6 is 11.3 Å². The molecule has 2 aromatic carbocycles. The summed E-state index contributed by atoms with van der Waals surface area (Å²) < 4.78 is 16.6. The first-order valence-corrected chi connectivity index (χ1v) is 14.3. The van der Waals surface area contributed by atoms with Crippen LogP contribution in [0, 0.1) is 11.3 Å². The van der Waals surface area contributed by atoms with Crippen molar-refractivity contribution in [2.75, 3.05) is 12.4 Å². The van der Waals surface area contributed by atoms with Gasteiger partial charge in [-0.3, -0.25) is 4.79 Å². The number of nitriles is 1. The molecule has 0 bridgehead atoms. The second-order valence-corrected chi connectivity index (χ2v) is 8.95. The minimum absolute atomic E-state index is 0.0412. The van der Waals surface area contributed by atoms with Crippen LogP contribution in [0.15, 0.2) is 93.6 Å². The predicted octanol–water partition coefficient (Wildman–Crippen LogP) is 10.2. The van der Waals surface area contributed by atoms with Crippen LogP contribution in [0.1, 0.15) is 62.5 Å². The molecule has 43 heavy (non-hydrogen) atoms. The van der Waals surface area contributed by atoms with Crippen LogP contribution in [0.4, 0.5) is 5.69 Å². The van der Waals surface area contributed by atoms with Gasteiger partial charge < -0.3 is 24.0 Å². The van der Waals surface area contributed by atoms with Gasteiger partial charge in [-0.05, 0) is 57.2 Å². The van der Waals surface area contributed by atoms with E-state index >= 15 is 0 Å². The summed E-state index contributed by atoms with van der Waals surface area (Å²) in [7, 11) is 1.57. The fraction of sp³-hybridized carbons (Fsp3) is 0.206. The van der Waals surface area contributed by atoms with Gasteiger partial charge in [-0.25, -0.2) is 4.79 Å². The molecule has 0 unspecified atom stereocenters. The van der Waals surface area contributed by atoms with E-state index in [1.807, 2.05) is 65.0 Å². The van der Waals surface area contributed by atoms with Gasteiger partial charge in [0.15, 0.2) is 5.76 Å². The average Bonchev–Trinajstić information content (AvgIpc) is 3.75. The predicted molar refractivity (Wildman–Crippen MR) is 176 cm³/mol. The molecule has 1 amide bonds. The fourth-order valence-electron chi connectivity index (χ4n) is 3.38. The largest absolute Gasteiger partial charge is 0.497 e. The molecule has 0 atom stereocenters. The van der Waals surface area contributed by atoms with Crippen molar-refractivity contribution >= 4 is 50.8 Å². The monoisotopic (exact) mass is 602 g/mol. The zero-order valence-electron chi connectivity index (χ0n) is 25.6. The molecule has 0 aliphatic rings. The number of carbonyl (C=O) groups excluding carboxylic acids is 1. The number of fused-ring (bicyclic) bond motifs is 2. The van der Waals surface area contributed by atoms with E-state index in [0.29, 0.717) is 27.6 Å². The number of benzene rings is 2. The highest BCUT2D eigenvalue weighted by atomic mass is 32.1. The van der Waals surface area contributed by atoms with Crippen molar-refractivity contribution in [3.8, 4) is 22.5 Å². The third-order valence-corrected chi connectivity index (χ3v) is 6.18. The number of aromatic carboxylic acids is 1. The smallest absolute Gasteiger partial charge is 0.339 e. The Labute approximate surface area is 256 Å². The molecule has 5 rings (SSSR count). The number of carbonyl (C=O) groups is 2. The van der Waals surface area contributed by atoms with Gasteiger partial charge in [0, 0.05) is 23.1 Å². The number of amides is 1. The van der Waals surface area contributed by atoms with E-state index in [2.05, 4.69) is 11.9 Å². The van der Waals surface area contributed by atoms with Crippen LogP contribution < -0.4 is 10.1 Å². The molecule has 0 fully saturated rings. The van der Waals surface area contributed by atoms with E-state index in [0.717, 1.165) is 10.8 Å². The summed E-state index contributed by atoms with van der Waals surface area (Å²) in [5.74, 6) is -0.536. The van der Waals surface area contributed by atoms with E-state index in [-0.39, 0.29) is 17.0 Å². The van der Waals surface area contributed by atoms with Gasteiger partial charge in [-0.15, -0.1) is 17.9 Å². The number of nitrogens with zero attached hydrogens (tertiary/aromatic N) is 1. The summed E-state index contributed by atoms with van der Waals surface area (Å²) in [6, 6.07) is 17.7. The van der Waals surface area contributed by atoms with Gasteiger partial charge in [0.2, 0.25) is 0 Å². The number of rotatable bonds is 5. The van der Waals surface area contributed by atoms with Crippen molar-refractivity contribution in [1.82, 2.24) is 0 Å². The van der Waals surface area contributed by atoms with E-state index in [1.165, 1.54) is 18.3 Å². The lowest BCUT2D eigenvalue weighted by Crippen LogP contribution is -2.13. The zero-order chi connectivity index (χ0) is 32.4. The Morgan fingerprint density at radius 1 is 1.00 bits per heavy atom. The highest BCUT2D eigenvalue weighted by molar-refractivity contribution is 7.14. The van der Waals surface area contributed by atoms with Crippen molar-refractivity contribution < 1.29 is 28.3 Å². The number of hydrogen-bond acceptors (Lipinski definition) is 7. The number of thiophene rings is 1. The topological polar surface area (TPSA) is 126 Å². The van der Waals surface area contributed by atoms with Crippen LogP contribution in [-0.2, 0) is 0 Å². The number of methoxy groups -OCH3 is 1. The van der Waals surface area contributed by atoms with Crippen LogP contribution in [0.25, 0.3) is 32.6 Å². The van der Waals surface area contributed by atoms with Gasteiger partial charge in [0.05, 0.1) is 23.7 Å². The van der Waals surface area contributed by atoms with Crippen molar-refractivity contribution in [3.05, 3.63) is 96.1 Å². The number of anilines is 1. The molecule has 9 heteroatoms. The average molecular weight is 603 g/mol. The maximum absolute atomic E-state index is 12.7. The van der Waals surface area contributed by atoms with Gasteiger partial charge in [-0.2, -0.15) is 5.26 Å². The number of para-hydroxylation sites is 1. The quantitative estimate of drug-likeness (QED) is 0.192. The number of nitrogens with one attached hydrogen (secondary N) is 1. The minimum atomic E-state index is -1.17. The minimum Gasteiger partial charge on any atom is -0.497 e. The van der Waals surface area contributed by atoms with Crippen molar-refractivity contribution in [3.63, 3.8) is 0 Å². The third-order valence-electron chi connectivity index (χ3n) is 5.18. The molecule has 0 radical (unpaired) electrons. The summed E-state index contributed by atoms with van der Waals surface area (Å²) in [4.78, 5) is 25.1. The Hall–Kier alpha value is -5.07. The molecule has 3 aromatic heterocycles. The lowest BCUT2D eigenvalue weighted by molar-refractivity contribution is 0.0699. The van der Waals surface area contributed by atoms with Gasteiger partial charge in [0.1, 0.15) is 28.2 Å². The number of ether oxygens (including phenoxy) is 1. The van der Waals surface area contributed by atoms with Gasteiger partial charge >= 0.3 is 5.97 Å². The SMILES string of the molecule is C/C=C\C.C=CC.CC.CC#N.COc1ccc2oc(-c3scc(NC(=O)c4cc5ccccc5o4)c3C(=O)O)cc2c1. The van der Waals surface area contributed by atoms with E-state index in [9.17, 15) is 14.7 Å². The number of hydrogen-bond donors (Lipinski definition) is 2. The molecule has 3 heterocycles. The lowest BCUT2D eigenvalue weighted by atomic mass is 10.1. The highest BCUT2D eigenvalue weighted by Gasteiger charge is 2.24. The van der Waals surface area contributed by atoms with Crippen molar-refractivity contribution in [2.45, 2.75) is 41.5 Å². The Bertz CT molecular complexity index is 1650. The molecule has 226 valence electrons. The number of carboxylic acids is 1. The molecular formula is C34H38N2O6S. The lowest BCUT2D eigenvalue weighted by Gasteiger charge is -2.03. The molecule has 0 aliphatic carbocycles. The standard InChI is InChI=1S/C23H15NO6S.C4H8.C3H6.C2H3N.C2H6/c1-28-14-6-7-17-13(8-14)10-18(29-17)21-20(23(26)27)15(11-31-21)24-22(25)19-9-12-4-2-3-5-16(12)30-19;1-3-4-2;1-3-2;1-2-3;1-2/h2-11H,1H3,(H,24,25)(H,26,27);3-4H,1-2H3;3H,1H2,2H3;1H3;1-2H3/b;4-3-;;;. The summed E-state index contributed by atoms with van der Waals surface area (Å²) in [5.41, 5.74) is 1.32. The molecule has 0 aliphatic heterocycles. The second-order valence-electron chi connectivity index (χ2n) is 8.07. The molecule has 0 spiro atoms. The molecule has 2 N–H and O–H groups in total. The fourth-order valence-corrected chi connectivity index (χ4v) is 4.33. The van der Waals surface area contributed by atoms with Crippen LogP contribution in [-0.4, -0.2) is 24.1 Å². The summed E-state index contributed by atoms with van der Waals surface area (Å²) in [6.07, 6.45) is 5.75. The number of furan rings is 2. The maximum atomic E-state index is 12.7. The third kappa shape index (κ3) is 10.1. The Balaban J connectivity index is 0.000000670. The van der Waals surface area contributed by atoms with Crippen LogP contribution in [0.2, 0.25) is 0 Å². The number of allylic oxidation sites excluding steroid dienone is 3. The number of carboxylic acid groups (broad SMARTS) is 1. The summed E-state index contributed by atoms with van der Waals surface area (Å²) >= 11 is 1.17. The Kier molecular flexibility index (Phi) is 16.0. The van der Waals surface area contributed by atoms with Crippen molar-refractivity contribution in [2.24, 2.45) is 0 Å². The first kappa shape index (κ1) is 36.0. The molecule has 8 nitrogen and oxygen atoms in total. The molecule has 5 aromatic rings. The Morgan fingerprint density at radius 2 is 1.60 bits per heavy atom. The molecule has 0 saturated carbocycles. The Morgan fingerprint density at radius 3 is 2.16 bits per heavy atom. The van der Waals surface area contributed by atoms with Gasteiger partial charge in [-0.1, -0.05) is 50.3 Å². The summed E-state index contributed by atoms with van der Waals surface area (Å²) in [5, 5.41) is 22.9. The maximum Gasteiger partial charge on any atom is 0.339 e. The van der Waals surface area contributed by atoms with Gasteiger partial charge in [0.25, 0.3) is 5.91 Å². The van der Waals surface area contributed by atoms with Crippen molar-refractivity contribution in [1.29, 1.82) is 5.26 Å². The normalized spacial score (nSPS) is 9.53. The van der Waals surface area contributed by atoms with E-state index < -0.39 is 11.9 Å². The highest BCUT2D eigenvalue weighted by Crippen LogP contribution is 2.39. The van der Waals surface area contributed by atoms with E-state index in [4.69, 9.17) is 18.8 Å². The second kappa shape index (κ2) is 19.1. The molecular weight excluding hydrogens is 564 g/mol. The van der Waals surface area contributed by atoms with Crippen LogP contribution in [0.3, 0.4) is 0 Å². The summed E-state index contributed by atoms with van der Waals surface area (Å²) in [6.45, 7) is 14.7.